The highest BCUT2D eigenvalue weighted by Gasteiger charge is 2.48. The molecule has 0 radical (unpaired) electrons. The summed E-state index contributed by atoms with van der Waals surface area (Å²) in [5.74, 6) is -0.357. The van der Waals surface area contributed by atoms with Crippen LogP contribution in [-0.4, -0.2) is 42.0 Å². The van der Waals surface area contributed by atoms with Crippen molar-refractivity contribution in [3.63, 3.8) is 0 Å². The second kappa shape index (κ2) is 8.25. The van der Waals surface area contributed by atoms with Gasteiger partial charge in [0.25, 0.3) is 0 Å². The normalized spacial score (nSPS) is 20.2. The van der Waals surface area contributed by atoms with E-state index in [1.165, 1.54) is 24.3 Å². The summed E-state index contributed by atoms with van der Waals surface area (Å²) in [5, 5.41) is 10.4. The first-order valence-corrected chi connectivity index (χ1v) is 9.80. The molecule has 0 bridgehead atoms. The SMILES string of the molecule is COc1cc2c(cc1OC)C1C(C2)C(=Nc2cccc(F)c2)NN1C(=O)CCC(=O)O. The van der Waals surface area contributed by atoms with Crippen LogP contribution in [0, 0.1) is 11.7 Å². The van der Waals surface area contributed by atoms with Gasteiger partial charge >= 0.3 is 5.97 Å². The third kappa shape index (κ3) is 3.90. The van der Waals surface area contributed by atoms with Gasteiger partial charge in [0.1, 0.15) is 11.7 Å². The molecule has 1 amide bonds. The maximum absolute atomic E-state index is 13.6. The number of fused-ring (bicyclic) bond motifs is 3. The van der Waals surface area contributed by atoms with Crippen LogP contribution >= 0.6 is 0 Å². The third-order valence-corrected chi connectivity index (χ3v) is 5.53. The summed E-state index contributed by atoms with van der Waals surface area (Å²) < 4.78 is 24.5. The van der Waals surface area contributed by atoms with Crippen LogP contribution in [0.15, 0.2) is 41.4 Å². The summed E-state index contributed by atoms with van der Waals surface area (Å²) >= 11 is 0. The number of rotatable bonds is 6. The number of aliphatic carboxylic acids is 1. The van der Waals surface area contributed by atoms with Crippen LogP contribution in [0.1, 0.15) is 30.0 Å². The second-order valence-corrected chi connectivity index (χ2v) is 7.41. The first-order chi connectivity index (χ1) is 14.9. The Morgan fingerprint density at radius 2 is 1.94 bits per heavy atom. The fourth-order valence-electron chi connectivity index (χ4n) is 4.14. The van der Waals surface area contributed by atoms with Gasteiger partial charge in [-0.1, -0.05) is 6.07 Å². The van der Waals surface area contributed by atoms with Crippen LogP contribution in [0.5, 0.6) is 11.5 Å². The Morgan fingerprint density at radius 1 is 1.19 bits per heavy atom. The molecular formula is C22H22FN3O5. The number of amides is 1. The number of amidine groups is 1. The average Bonchev–Trinajstić information content (AvgIpc) is 3.28. The molecule has 2 unspecified atom stereocenters. The van der Waals surface area contributed by atoms with Crippen molar-refractivity contribution >= 4 is 23.4 Å². The molecule has 1 aliphatic heterocycles. The number of benzene rings is 2. The van der Waals surface area contributed by atoms with E-state index >= 15 is 0 Å². The summed E-state index contributed by atoms with van der Waals surface area (Å²) in [6, 6.07) is 9.22. The van der Waals surface area contributed by atoms with Crippen molar-refractivity contribution in [3.05, 3.63) is 53.3 Å². The van der Waals surface area contributed by atoms with Crippen LogP contribution in [0.4, 0.5) is 10.1 Å². The molecule has 2 aromatic rings. The highest BCUT2D eigenvalue weighted by atomic mass is 19.1. The van der Waals surface area contributed by atoms with Crippen molar-refractivity contribution in [2.24, 2.45) is 10.9 Å². The molecule has 1 saturated heterocycles. The highest BCUT2D eigenvalue weighted by molar-refractivity contribution is 5.95. The van der Waals surface area contributed by atoms with Crippen molar-refractivity contribution in [2.45, 2.75) is 25.3 Å². The molecule has 0 aromatic heterocycles. The number of ether oxygens (including phenoxy) is 2. The molecule has 0 spiro atoms. The molecule has 31 heavy (non-hydrogen) atoms. The zero-order chi connectivity index (χ0) is 22.1. The van der Waals surface area contributed by atoms with Gasteiger partial charge in [0.15, 0.2) is 11.5 Å². The van der Waals surface area contributed by atoms with Gasteiger partial charge in [-0.25, -0.2) is 14.4 Å². The summed E-state index contributed by atoms with van der Waals surface area (Å²) in [6.07, 6.45) is 0.162. The van der Waals surface area contributed by atoms with E-state index in [2.05, 4.69) is 10.4 Å². The number of aliphatic imine (C=N–C) groups is 1. The van der Waals surface area contributed by atoms with Crippen LogP contribution in [0.25, 0.3) is 0 Å². The molecule has 1 aliphatic carbocycles. The Bertz CT molecular complexity index is 1070. The number of nitrogens with zero attached hydrogens (tertiary/aromatic N) is 2. The fraction of sp³-hybridized carbons (Fsp3) is 0.318. The molecule has 4 rings (SSSR count). The standard InChI is InChI=1S/C22H22FN3O5/c1-30-17-9-12-8-16-21(15(12)11-18(17)31-2)26(19(27)6-7-20(28)29)25-22(16)24-14-5-3-4-13(23)10-14/h3-5,9-11,16,21H,6-8H2,1-2H3,(H,24,25)(H,28,29). The molecular weight excluding hydrogens is 405 g/mol. The monoisotopic (exact) mass is 427 g/mol. The number of hydrogen-bond acceptors (Lipinski definition) is 5. The van der Waals surface area contributed by atoms with Gasteiger partial charge in [-0.05, 0) is 47.9 Å². The van der Waals surface area contributed by atoms with Crippen molar-refractivity contribution in [3.8, 4) is 11.5 Å². The smallest absolute Gasteiger partial charge is 0.303 e. The van der Waals surface area contributed by atoms with E-state index in [4.69, 9.17) is 14.6 Å². The molecule has 8 nitrogen and oxygen atoms in total. The molecule has 9 heteroatoms. The number of methoxy groups -OCH3 is 2. The van der Waals surface area contributed by atoms with Crippen LogP contribution in [0.2, 0.25) is 0 Å². The van der Waals surface area contributed by atoms with Crippen LogP contribution < -0.4 is 14.9 Å². The van der Waals surface area contributed by atoms with Gasteiger partial charge in [-0.15, -0.1) is 0 Å². The quantitative estimate of drug-likeness (QED) is 0.735. The summed E-state index contributed by atoms with van der Waals surface area (Å²) in [7, 11) is 3.09. The number of halogens is 1. The average molecular weight is 427 g/mol. The lowest BCUT2D eigenvalue weighted by atomic mass is 10.0. The zero-order valence-electron chi connectivity index (χ0n) is 17.1. The predicted molar refractivity (Wildman–Crippen MR) is 110 cm³/mol. The lowest BCUT2D eigenvalue weighted by Crippen LogP contribution is -2.40. The van der Waals surface area contributed by atoms with Crippen molar-refractivity contribution in [1.82, 2.24) is 10.4 Å². The van der Waals surface area contributed by atoms with Crippen LogP contribution in [0.3, 0.4) is 0 Å². The van der Waals surface area contributed by atoms with Gasteiger partial charge in [0.05, 0.1) is 32.4 Å². The van der Waals surface area contributed by atoms with Gasteiger partial charge in [-0.2, -0.15) is 0 Å². The number of hydrazine groups is 1. The number of carboxylic acid groups (broad SMARTS) is 1. The van der Waals surface area contributed by atoms with Gasteiger partial charge in [0, 0.05) is 12.3 Å². The number of nitrogens with one attached hydrogen (secondary N) is 1. The topological polar surface area (TPSA) is 100 Å². The van der Waals surface area contributed by atoms with Gasteiger partial charge < -0.3 is 14.6 Å². The minimum absolute atomic E-state index is 0.151. The minimum atomic E-state index is -1.05. The first kappa shape index (κ1) is 20.6. The van der Waals surface area contributed by atoms with E-state index in [9.17, 15) is 14.0 Å². The van der Waals surface area contributed by atoms with E-state index < -0.39 is 11.8 Å². The molecule has 2 aliphatic rings. The summed E-state index contributed by atoms with van der Waals surface area (Å²) in [5.41, 5.74) is 5.32. The molecule has 0 saturated carbocycles. The zero-order valence-corrected chi connectivity index (χ0v) is 17.1. The van der Waals surface area contributed by atoms with Gasteiger partial charge in [-0.3, -0.25) is 15.0 Å². The Labute approximate surface area is 178 Å². The Balaban J connectivity index is 1.74. The number of carbonyl (C=O) groups is 2. The van der Waals surface area contributed by atoms with E-state index in [0.717, 1.165) is 11.1 Å². The van der Waals surface area contributed by atoms with E-state index in [-0.39, 0.29) is 30.7 Å². The molecule has 2 aromatic carbocycles. The van der Waals surface area contributed by atoms with Crippen molar-refractivity contribution < 1.29 is 28.6 Å². The molecule has 162 valence electrons. The molecule has 1 fully saturated rings. The van der Waals surface area contributed by atoms with Crippen LogP contribution in [-0.2, 0) is 16.0 Å². The predicted octanol–water partition coefficient (Wildman–Crippen LogP) is 3.00. The second-order valence-electron chi connectivity index (χ2n) is 7.41. The maximum Gasteiger partial charge on any atom is 0.303 e. The Morgan fingerprint density at radius 3 is 2.61 bits per heavy atom. The lowest BCUT2D eigenvalue weighted by Gasteiger charge is -2.24. The molecule has 1 heterocycles. The first-order valence-electron chi connectivity index (χ1n) is 9.80. The molecule has 2 N–H and O–H groups in total. The number of carboxylic acids is 1. The number of carbonyl (C=O) groups excluding carboxylic acids is 1. The summed E-state index contributed by atoms with van der Waals surface area (Å²) in [6.45, 7) is 0. The van der Waals surface area contributed by atoms with E-state index in [1.807, 2.05) is 12.1 Å². The summed E-state index contributed by atoms with van der Waals surface area (Å²) in [4.78, 5) is 28.4. The Hall–Kier alpha value is -3.62. The maximum atomic E-state index is 13.6. The Kier molecular flexibility index (Phi) is 5.50. The van der Waals surface area contributed by atoms with E-state index in [1.54, 1.807) is 19.2 Å². The highest BCUT2D eigenvalue weighted by Crippen LogP contribution is 2.47. The fourth-order valence-corrected chi connectivity index (χ4v) is 4.14. The van der Waals surface area contributed by atoms with Crippen molar-refractivity contribution in [2.75, 3.05) is 14.2 Å². The molecule has 2 atom stereocenters. The van der Waals surface area contributed by atoms with Gasteiger partial charge in [0.2, 0.25) is 5.91 Å². The van der Waals surface area contributed by atoms with E-state index in [0.29, 0.717) is 29.4 Å². The largest absolute Gasteiger partial charge is 0.493 e. The number of hydrogen-bond donors (Lipinski definition) is 2. The third-order valence-electron chi connectivity index (χ3n) is 5.53. The minimum Gasteiger partial charge on any atom is -0.493 e. The lowest BCUT2D eigenvalue weighted by molar-refractivity contribution is -0.142. The van der Waals surface area contributed by atoms with Crippen molar-refractivity contribution in [1.29, 1.82) is 0 Å².